The number of benzene rings is 3. The Balaban J connectivity index is 1.80. The van der Waals surface area contributed by atoms with Gasteiger partial charge in [0.2, 0.25) is 0 Å². The van der Waals surface area contributed by atoms with Crippen molar-refractivity contribution in [3.63, 3.8) is 0 Å². The number of amides is 1. The van der Waals surface area contributed by atoms with E-state index in [9.17, 15) is 9.90 Å². The zero-order valence-corrected chi connectivity index (χ0v) is 14.9. The van der Waals surface area contributed by atoms with E-state index in [4.69, 9.17) is 4.74 Å². The average molecular weight is 360 g/mol. The van der Waals surface area contributed by atoms with Gasteiger partial charge in [0.05, 0.1) is 12.2 Å². The molecule has 1 aliphatic rings. The Morgan fingerprint density at radius 1 is 1.04 bits per heavy atom. The summed E-state index contributed by atoms with van der Waals surface area (Å²) < 4.78 is 5.51. The summed E-state index contributed by atoms with van der Waals surface area (Å²) in [4.78, 5) is 15.0. The first-order chi connectivity index (χ1) is 13.2. The zero-order chi connectivity index (χ0) is 18.8. The number of para-hydroxylation sites is 1. The topological polar surface area (TPSA) is 61.8 Å². The van der Waals surface area contributed by atoms with Crippen molar-refractivity contribution in [1.29, 1.82) is 0 Å². The maximum Gasteiger partial charge on any atom is 0.262 e. The zero-order valence-electron chi connectivity index (χ0n) is 14.9. The molecule has 1 atom stereocenters. The lowest BCUT2D eigenvalue weighted by atomic mass is 10.0. The van der Waals surface area contributed by atoms with Crippen LogP contribution in [0.1, 0.15) is 29.0 Å². The smallest absolute Gasteiger partial charge is 0.262 e. The number of phenolic OH excluding ortho intramolecular Hbond substituents is 1. The van der Waals surface area contributed by atoms with Gasteiger partial charge in [-0.2, -0.15) is 0 Å². The van der Waals surface area contributed by atoms with Gasteiger partial charge in [-0.1, -0.05) is 24.3 Å². The summed E-state index contributed by atoms with van der Waals surface area (Å²) in [7, 11) is 0. The van der Waals surface area contributed by atoms with Crippen molar-refractivity contribution in [3.05, 3.63) is 83.9 Å². The summed E-state index contributed by atoms with van der Waals surface area (Å²) in [5.74, 6) is 0.821. The highest BCUT2D eigenvalue weighted by Crippen LogP contribution is 2.37. The highest BCUT2D eigenvalue weighted by Gasteiger charge is 2.34. The van der Waals surface area contributed by atoms with E-state index in [1.165, 1.54) is 0 Å². The normalized spacial score (nSPS) is 15.8. The van der Waals surface area contributed by atoms with E-state index in [1.807, 2.05) is 61.5 Å². The van der Waals surface area contributed by atoms with E-state index in [0.29, 0.717) is 12.2 Å². The van der Waals surface area contributed by atoms with E-state index < -0.39 is 6.17 Å². The Kier molecular flexibility index (Phi) is 4.42. The number of fused-ring (bicyclic) bond motifs is 1. The number of hydrogen-bond donors (Lipinski definition) is 2. The van der Waals surface area contributed by atoms with Crippen LogP contribution in [0.3, 0.4) is 0 Å². The molecule has 0 saturated carbocycles. The van der Waals surface area contributed by atoms with Crippen LogP contribution in [-0.4, -0.2) is 17.6 Å². The third-order valence-electron chi connectivity index (χ3n) is 4.54. The Hall–Kier alpha value is -3.47. The van der Waals surface area contributed by atoms with Crippen molar-refractivity contribution in [2.75, 3.05) is 16.8 Å². The maximum absolute atomic E-state index is 13.3. The molecule has 3 aromatic rings. The first-order valence-electron chi connectivity index (χ1n) is 8.88. The molecule has 5 nitrogen and oxygen atoms in total. The minimum Gasteiger partial charge on any atom is -0.508 e. The van der Waals surface area contributed by atoms with Crippen molar-refractivity contribution in [2.45, 2.75) is 13.1 Å². The second-order valence-corrected chi connectivity index (χ2v) is 6.29. The van der Waals surface area contributed by atoms with Crippen LogP contribution in [0.15, 0.2) is 72.8 Å². The third-order valence-corrected chi connectivity index (χ3v) is 4.54. The Morgan fingerprint density at radius 2 is 1.81 bits per heavy atom. The van der Waals surface area contributed by atoms with E-state index >= 15 is 0 Å². The van der Waals surface area contributed by atoms with Gasteiger partial charge in [0.15, 0.2) is 0 Å². The van der Waals surface area contributed by atoms with Crippen molar-refractivity contribution in [2.24, 2.45) is 0 Å². The molecule has 0 spiro atoms. The number of nitrogens with one attached hydrogen (secondary N) is 1. The first-order valence-corrected chi connectivity index (χ1v) is 8.88. The number of nitrogens with zero attached hydrogens (tertiary/aromatic N) is 1. The Bertz CT molecular complexity index is 969. The summed E-state index contributed by atoms with van der Waals surface area (Å²) in [5.41, 5.74) is 2.94. The van der Waals surface area contributed by atoms with Crippen LogP contribution < -0.4 is 15.0 Å². The molecule has 0 fully saturated rings. The average Bonchev–Trinajstić information content (AvgIpc) is 2.69. The van der Waals surface area contributed by atoms with Crippen LogP contribution >= 0.6 is 0 Å². The van der Waals surface area contributed by atoms with Gasteiger partial charge < -0.3 is 15.2 Å². The molecule has 0 saturated heterocycles. The molecule has 0 bridgehead atoms. The van der Waals surface area contributed by atoms with Crippen molar-refractivity contribution in [1.82, 2.24) is 0 Å². The minimum absolute atomic E-state index is 0.0955. The summed E-state index contributed by atoms with van der Waals surface area (Å²) in [6.45, 7) is 2.52. The number of anilines is 2. The fourth-order valence-corrected chi connectivity index (χ4v) is 3.32. The molecule has 2 N–H and O–H groups in total. The van der Waals surface area contributed by atoms with Gasteiger partial charge in [0.1, 0.15) is 17.7 Å². The van der Waals surface area contributed by atoms with Crippen LogP contribution in [0.25, 0.3) is 0 Å². The fraction of sp³-hybridized carbons (Fsp3) is 0.136. The summed E-state index contributed by atoms with van der Waals surface area (Å²) in [6.07, 6.45) is -0.433. The van der Waals surface area contributed by atoms with E-state index in [-0.39, 0.29) is 11.7 Å². The minimum atomic E-state index is -0.433. The van der Waals surface area contributed by atoms with Gasteiger partial charge in [0.25, 0.3) is 5.91 Å². The highest BCUT2D eigenvalue weighted by atomic mass is 16.5. The monoisotopic (exact) mass is 360 g/mol. The largest absolute Gasteiger partial charge is 0.508 e. The molecular formula is C22H20N2O3. The van der Waals surface area contributed by atoms with Gasteiger partial charge >= 0.3 is 0 Å². The predicted molar refractivity (Wildman–Crippen MR) is 105 cm³/mol. The number of carbonyl (C=O) groups excluding carboxylic acids is 1. The van der Waals surface area contributed by atoms with Gasteiger partial charge in [-0.15, -0.1) is 0 Å². The van der Waals surface area contributed by atoms with E-state index in [1.54, 1.807) is 23.1 Å². The second kappa shape index (κ2) is 7.03. The number of ether oxygens (including phenoxy) is 1. The van der Waals surface area contributed by atoms with Crippen molar-refractivity contribution < 1.29 is 14.6 Å². The molecule has 4 rings (SSSR count). The Morgan fingerprint density at radius 3 is 2.56 bits per heavy atom. The predicted octanol–water partition coefficient (Wildman–Crippen LogP) is 4.56. The lowest BCUT2D eigenvalue weighted by molar-refractivity contribution is 0.0975. The van der Waals surface area contributed by atoms with Crippen molar-refractivity contribution >= 4 is 17.3 Å². The molecule has 136 valence electrons. The molecule has 0 radical (unpaired) electrons. The van der Waals surface area contributed by atoms with Gasteiger partial charge in [-0.05, 0) is 61.0 Å². The van der Waals surface area contributed by atoms with Crippen molar-refractivity contribution in [3.8, 4) is 11.5 Å². The van der Waals surface area contributed by atoms with Crippen LogP contribution in [-0.2, 0) is 0 Å². The lowest BCUT2D eigenvalue weighted by Crippen LogP contribution is -2.43. The van der Waals surface area contributed by atoms with Gasteiger partial charge in [-0.25, -0.2) is 0 Å². The number of carbonyl (C=O) groups is 1. The van der Waals surface area contributed by atoms with Crippen LogP contribution in [0, 0.1) is 0 Å². The highest BCUT2D eigenvalue weighted by molar-refractivity contribution is 6.12. The number of hydrogen-bond acceptors (Lipinski definition) is 4. The maximum atomic E-state index is 13.3. The molecule has 27 heavy (non-hydrogen) atoms. The van der Waals surface area contributed by atoms with E-state index in [0.717, 1.165) is 22.7 Å². The standard InChI is InChI=1S/C22H20N2O3/c1-2-27-18-12-10-16(11-13-18)24-21(15-6-5-7-17(25)14-15)23-20-9-4-3-8-19(20)22(24)26/h3-14,21,23,25H,2H2,1H3. The molecule has 0 aliphatic carbocycles. The van der Waals surface area contributed by atoms with Gasteiger partial charge in [0, 0.05) is 11.4 Å². The number of rotatable bonds is 4. The fourth-order valence-electron chi connectivity index (χ4n) is 3.32. The Labute approximate surface area is 157 Å². The summed E-state index contributed by atoms with van der Waals surface area (Å²) in [5, 5.41) is 13.3. The quantitative estimate of drug-likeness (QED) is 0.716. The van der Waals surface area contributed by atoms with E-state index in [2.05, 4.69) is 5.32 Å². The molecule has 5 heteroatoms. The molecule has 1 aliphatic heterocycles. The summed E-state index contributed by atoms with van der Waals surface area (Å²) in [6, 6.07) is 21.8. The molecule has 1 unspecified atom stereocenters. The molecule has 0 aromatic heterocycles. The molecule has 3 aromatic carbocycles. The SMILES string of the molecule is CCOc1ccc(N2C(=O)c3ccccc3NC2c2cccc(O)c2)cc1. The molecule has 1 heterocycles. The van der Waals surface area contributed by atoms with Crippen LogP contribution in [0.2, 0.25) is 0 Å². The number of aromatic hydroxyl groups is 1. The van der Waals surface area contributed by atoms with Crippen LogP contribution in [0.5, 0.6) is 11.5 Å². The summed E-state index contributed by atoms with van der Waals surface area (Å²) >= 11 is 0. The molecule has 1 amide bonds. The third kappa shape index (κ3) is 3.19. The lowest BCUT2D eigenvalue weighted by Gasteiger charge is -2.38. The van der Waals surface area contributed by atoms with Crippen LogP contribution in [0.4, 0.5) is 11.4 Å². The number of phenols is 1. The second-order valence-electron chi connectivity index (χ2n) is 6.29. The first kappa shape index (κ1) is 17.0. The molecular weight excluding hydrogens is 340 g/mol. The van der Waals surface area contributed by atoms with Gasteiger partial charge in [-0.3, -0.25) is 9.69 Å².